The van der Waals surface area contributed by atoms with E-state index >= 15 is 0 Å². The van der Waals surface area contributed by atoms with Crippen molar-refractivity contribution in [1.29, 1.82) is 0 Å². The van der Waals surface area contributed by atoms with Gasteiger partial charge in [0.1, 0.15) is 12.9 Å². The highest BCUT2D eigenvalue weighted by atomic mass is 35.5. The smallest absolute Gasteiger partial charge is 0.382 e. The molecule has 0 aliphatic heterocycles. The van der Waals surface area contributed by atoms with Gasteiger partial charge in [-0.15, -0.1) is 10.2 Å². The lowest BCUT2D eigenvalue weighted by Gasteiger charge is -2.15. The molecule has 2 aromatic heterocycles. The molecular weight excluding hydrogens is 538 g/mol. The van der Waals surface area contributed by atoms with Crippen molar-refractivity contribution in [3.05, 3.63) is 80.7 Å². The Hall–Kier alpha value is -3.68. The first-order valence-electron chi connectivity index (χ1n) is 10.6. The van der Waals surface area contributed by atoms with Crippen molar-refractivity contribution in [1.82, 2.24) is 34.4 Å². The van der Waals surface area contributed by atoms with Crippen LogP contribution in [0.25, 0.3) is 17.1 Å². The first-order valence-corrected chi connectivity index (χ1v) is 11.3. The standard InChI is InChI=1S/C22H18Cl2F3N7O3/c1-28-20(36)15-8-14(24)6-7-16(15)34-11-29-18(30-34)10-33-21(37)32(9-17(35)22(25,26)27)19(31-33)12-2-4-13(23)5-3-12/h2-8,11,17,35H,9-10H2,1H3,(H,28,36). The topological polar surface area (TPSA) is 120 Å². The number of aliphatic hydroxyl groups is 1. The lowest BCUT2D eigenvalue weighted by atomic mass is 10.1. The van der Waals surface area contributed by atoms with E-state index in [0.717, 1.165) is 9.25 Å². The third-order valence-corrected chi connectivity index (χ3v) is 5.75. The van der Waals surface area contributed by atoms with Crippen LogP contribution in [0.4, 0.5) is 13.2 Å². The van der Waals surface area contributed by atoms with Crippen LogP contribution in [0.15, 0.2) is 53.6 Å². The number of amides is 1. The van der Waals surface area contributed by atoms with Crippen molar-refractivity contribution in [2.24, 2.45) is 0 Å². The van der Waals surface area contributed by atoms with Crippen LogP contribution in [0.5, 0.6) is 0 Å². The van der Waals surface area contributed by atoms with E-state index in [-0.39, 0.29) is 23.8 Å². The van der Waals surface area contributed by atoms with Crippen LogP contribution in [0.1, 0.15) is 16.2 Å². The molecule has 0 spiro atoms. The van der Waals surface area contributed by atoms with Gasteiger partial charge >= 0.3 is 11.9 Å². The normalized spacial score (nSPS) is 12.5. The Balaban J connectivity index is 1.71. The molecule has 0 aliphatic rings. The molecule has 1 amide bonds. The molecule has 1 unspecified atom stereocenters. The second-order valence-corrected chi connectivity index (χ2v) is 8.66. The molecule has 37 heavy (non-hydrogen) atoms. The second-order valence-electron chi connectivity index (χ2n) is 7.78. The summed E-state index contributed by atoms with van der Waals surface area (Å²) in [5.41, 5.74) is -0.0266. The molecule has 2 N–H and O–H groups in total. The minimum Gasteiger partial charge on any atom is -0.382 e. The summed E-state index contributed by atoms with van der Waals surface area (Å²) in [5.74, 6) is -0.437. The summed E-state index contributed by atoms with van der Waals surface area (Å²) in [6.07, 6.45) is -6.43. The molecule has 15 heteroatoms. The maximum Gasteiger partial charge on any atom is 0.416 e. The number of benzene rings is 2. The van der Waals surface area contributed by atoms with Crippen LogP contribution in [-0.2, 0) is 13.1 Å². The van der Waals surface area contributed by atoms with Gasteiger partial charge in [-0.3, -0.25) is 9.36 Å². The van der Waals surface area contributed by atoms with E-state index in [9.17, 15) is 27.9 Å². The number of aliphatic hydroxyl groups excluding tert-OH is 1. The minimum atomic E-state index is -4.94. The van der Waals surface area contributed by atoms with Gasteiger partial charge in [-0.1, -0.05) is 23.2 Å². The number of hydrogen-bond acceptors (Lipinski definition) is 6. The number of nitrogens with one attached hydrogen (secondary N) is 1. The van der Waals surface area contributed by atoms with Gasteiger partial charge in [0.2, 0.25) is 0 Å². The number of halogens is 5. The van der Waals surface area contributed by atoms with Crippen molar-refractivity contribution in [2.75, 3.05) is 7.05 Å². The fourth-order valence-corrected chi connectivity index (χ4v) is 3.74. The maximum atomic E-state index is 13.0. The Morgan fingerprint density at radius 1 is 1.11 bits per heavy atom. The quantitative estimate of drug-likeness (QED) is 0.362. The highest BCUT2D eigenvalue weighted by Crippen LogP contribution is 2.24. The molecule has 2 heterocycles. The van der Waals surface area contributed by atoms with E-state index in [1.165, 1.54) is 48.4 Å². The molecule has 10 nitrogen and oxygen atoms in total. The number of nitrogens with zero attached hydrogens (tertiary/aromatic N) is 6. The Labute approximate surface area is 216 Å². The fraction of sp³-hybridized carbons (Fsp3) is 0.227. The van der Waals surface area contributed by atoms with E-state index in [1.54, 1.807) is 12.1 Å². The maximum absolute atomic E-state index is 13.0. The summed E-state index contributed by atoms with van der Waals surface area (Å²) >= 11 is 11.9. The monoisotopic (exact) mass is 555 g/mol. The van der Waals surface area contributed by atoms with Gasteiger partial charge in [-0.05, 0) is 42.5 Å². The van der Waals surface area contributed by atoms with Crippen molar-refractivity contribution in [3.8, 4) is 17.1 Å². The number of aromatic nitrogens is 6. The van der Waals surface area contributed by atoms with Gasteiger partial charge in [0.25, 0.3) is 5.91 Å². The van der Waals surface area contributed by atoms with Crippen LogP contribution in [0.2, 0.25) is 10.0 Å². The SMILES string of the molecule is CNC(=O)c1cc(Cl)ccc1-n1cnc(Cn2nc(-c3ccc(Cl)cc3)n(CC(O)C(F)(F)F)c2=O)n1. The first kappa shape index (κ1) is 26.4. The predicted molar refractivity (Wildman–Crippen MR) is 128 cm³/mol. The fourth-order valence-electron chi connectivity index (χ4n) is 3.44. The van der Waals surface area contributed by atoms with Crippen LogP contribution in [0, 0.1) is 0 Å². The first-order chi connectivity index (χ1) is 17.5. The summed E-state index contributed by atoms with van der Waals surface area (Å²) < 4.78 is 42.0. The van der Waals surface area contributed by atoms with Gasteiger partial charge in [0.05, 0.1) is 17.8 Å². The highest BCUT2D eigenvalue weighted by molar-refractivity contribution is 6.31. The van der Waals surface area contributed by atoms with E-state index in [1.807, 2.05) is 0 Å². The van der Waals surface area contributed by atoms with E-state index in [0.29, 0.717) is 21.3 Å². The molecule has 194 valence electrons. The van der Waals surface area contributed by atoms with Gasteiger partial charge in [-0.25, -0.2) is 19.1 Å². The predicted octanol–water partition coefficient (Wildman–Crippen LogP) is 2.93. The van der Waals surface area contributed by atoms with Crippen LogP contribution >= 0.6 is 23.2 Å². The van der Waals surface area contributed by atoms with Gasteiger partial charge < -0.3 is 10.4 Å². The van der Waals surface area contributed by atoms with Crippen LogP contribution in [-0.4, -0.2) is 59.5 Å². The molecular formula is C22H18Cl2F3N7O3. The van der Waals surface area contributed by atoms with Gasteiger partial charge in [0, 0.05) is 22.7 Å². The Kier molecular flexibility index (Phi) is 7.39. The number of carbonyl (C=O) groups excluding carboxylic acids is 1. The molecule has 0 aliphatic carbocycles. The van der Waals surface area contributed by atoms with E-state index in [2.05, 4.69) is 20.5 Å². The van der Waals surface area contributed by atoms with Crippen LogP contribution < -0.4 is 11.0 Å². The number of alkyl halides is 3. The van der Waals surface area contributed by atoms with Crippen molar-refractivity contribution in [2.45, 2.75) is 25.4 Å². The summed E-state index contributed by atoms with van der Waals surface area (Å²) in [5, 5.41) is 21.3. The third kappa shape index (κ3) is 5.68. The summed E-state index contributed by atoms with van der Waals surface area (Å²) in [6.45, 7) is -1.37. The zero-order valence-corrected chi connectivity index (χ0v) is 20.5. The largest absolute Gasteiger partial charge is 0.416 e. The molecule has 0 saturated carbocycles. The average Bonchev–Trinajstić information content (AvgIpc) is 3.44. The molecule has 0 bridgehead atoms. The lowest BCUT2D eigenvalue weighted by molar-refractivity contribution is -0.207. The zero-order chi connectivity index (χ0) is 26.9. The summed E-state index contributed by atoms with van der Waals surface area (Å²) in [7, 11) is 1.45. The Morgan fingerprint density at radius 2 is 1.78 bits per heavy atom. The number of hydrogen-bond donors (Lipinski definition) is 2. The highest BCUT2D eigenvalue weighted by Gasteiger charge is 2.39. The van der Waals surface area contributed by atoms with Crippen molar-refractivity contribution >= 4 is 29.1 Å². The lowest BCUT2D eigenvalue weighted by Crippen LogP contribution is -2.37. The van der Waals surface area contributed by atoms with E-state index in [4.69, 9.17) is 23.2 Å². The van der Waals surface area contributed by atoms with Crippen LogP contribution in [0.3, 0.4) is 0 Å². The second kappa shape index (κ2) is 10.4. The van der Waals surface area contributed by atoms with Gasteiger partial charge in [-0.2, -0.15) is 13.2 Å². The molecule has 4 rings (SSSR count). The molecule has 0 fully saturated rings. The number of carbonyl (C=O) groups is 1. The van der Waals surface area contributed by atoms with E-state index < -0.39 is 30.4 Å². The molecule has 1 atom stereocenters. The van der Waals surface area contributed by atoms with Gasteiger partial charge in [0.15, 0.2) is 17.8 Å². The molecule has 0 saturated heterocycles. The van der Waals surface area contributed by atoms with Crippen molar-refractivity contribution in [3.63, 3.8) is 0 Å². The molecule has 0 radical (unpaired) electrons. The van der Waals surface area contributed by atoms with Crippen molar-refractivity contribution < 1.29 is 23.1 Å². The average molecular weight is 556 g/mol. The summed E-state index contributed by atoms with van der Waals surface area (Å²) in [6, 6.07) is 10.5. The molecule has 4 aromatic rings. The summed E-state index contributed by atoms with van der Waals surface area (Å²) in [4.78, 5) is 29.4. The third-order valence-electron chi connectivity index (χ3n) is 5.27. The Bertz CT molecular complexity index is 1500. The molecule has 2 aromatic carbocycles. The minimum absolute atomic E-state index is 0.0867. The Morgan fingerprint density at radius 3 is 2.43 bits per heavy atom. The zero-order valence-electron chi connectivity index (χ0n) is 18.9. The number of rotatable bonds is 7.